The summed E-state index contributed by atoms with van der Waals surface area (Å²) in [6, 6.07) is 5.85. The van der Waals surface area contributed by atoms with Crippen LogP contribution in [0.5, 0.6) is 0 Å². The van der Waals surface area contributed by atoms with Crippen LogP contribution in [0.4, 0.5) is 8.78 Å². The summed E-state index contributed by atoms with van der Waals surface area (Å²) in [5, 5.41) is 7.03. The minimum absolute atomic E-state index is 0.0960. The minimum Gasteiger partial charge on any atom is -0.309 e. The second-order valence-electron chi connectivity index (χ2n) is 3.45. The molecule has 2 aromatic rings. The third-order valence-electron chi connectivity index (χ3n) is 2.44. The molecule has 1 atom stereocenters. The first-order valence-corrected chi connectivity index (χ1v) is 5.81. The quantitative estimate of drug-likeness (QED) is 0.866. The summed E-state index contributed by atoms with van der Waals surface area (Å²) in [4.78, 5) is 0. The van der Waals surface area contributed by atoms with E-state index in [1.807, 2.05) is 16.8 Å². The van der Waals surface area contributed by atoms with Crippen LogP contribution in [0.2, 0.25) is 0 Å². The van der Waals surface area contributed by atoms with Crippen LogP contribution in [0, 0.1) is 11.6 Å². The van der Waals surface area contributed by atoms with Crippen molar-refractivity contribution in [3.63, 3.8) is 0 Å². The lowest BCUT2D eigenvalue weighted by Crippen LogP contribution is -2.17. The van der Waals surface area contributed by atoms with Gasteiger partial charge in [-0.25, -0.2) is 8.78 Å². The molecule has 0 aliphatic rings. The zero-order chi connectivity index (χ0) is 11.5. The number of nitrogens with one attached hydrogen (secondary N) is 1. The maximum absolute atomic E-state index is 13.1. The van der Waals surface area contributed by atoms with Crippen LogP contribution in [0.1, 0.15) is 17.2 Å². The van der Waals surface area contributed by atoms with Gasteiger partial charge < -0.3 is 5.32 Å². The highest BCUT2D eigenvalue weighted by Gasteiger charge is 2.14. The van der Waals surface area contributed by atoms with Crippen LogP contribution in [0.15, 0.2) is 35.0 Å². The van der Waals surface area contributed by atoms with Crippen molar-refractivity contribution in [3.8, 4) is 0 Å². The summed E-state index contributed by atoms with van der Waals surface area (Å²) in [5.41, 5.74) is 1.78. The fourth-order valence-electron chi connectivity index (χ4n) is 1.66. The van der Waals surface area contributed by atoms with E-state index in [0.717, 1.165) is 17.2 Å². The first kappa shape index (κ1) is 11.2. The standard InChI is InChI=1S/C12H11F2NS/c1-15-12(9-4-5-16-7-9)8-2-3-10(13)11(14)6-8/h2-7,12,15H,1H3. The Bertz CT molecular complexity index is 468. The van der Waals surface area contributed by atoms with E-state index in [0.29, 0.717) is 0 Å². The molecule has 0 aliphatic heterocycles. The van der Waals surface area contributed by atoms with Crippen molar-refractivity contribution in [1.82, 2.24) is 5.32 Å². The number of rotatable bonds is 3. The average Bonchev–Trinajstić information content (AvgIpc) is 2.78. The number of thiophene rings is 1. The fraction of sp³-hybridized carbons (Fsp3) is 0.167. The van der Waals surface area contributed by atoms with Gasteiger partial charge in [-0.15, -0.1) is 0 Å². The maximum Gasteiger partial charge on any atom is 0.159 e. The Morgan fingerprint density at radius 1 is 1.12 bits per heavy atom. The molecule has 1 heterocycles. The van der Waals surface area contributed by atoms with Gasteiger partial charge in [-0.3, -0.25) is 0 Å². The van der Waals surface area contributed by atoms with Crippen molar-refractivity contribution in [2.75, 3.05) is 7.05 Å². The second-order valence-corrected chi connectivity index (χ2v) is 4.23. The third kappa shape index (κ3) is 2.13. The number of hydrogen-bond donors (Lipinski definition) is 1. The summed E-state index contributed by atoms with van der Waals surface area (Å²) in [6.45, 7) is 0. The van der Waals surface area contributed by atoms with Crippen LogP contribution in [0.25, 0.3) is 0 Å². The van der Waals surface area contributed by atoms with Gasteiger partial charge in [0.05, 0.1) is 6.04 Å². The van der Waals surface area contributed by atoms with E-state index in [9.17, 15) is 8.78 Å². The van der Waals surface area contributed by atoms with Crippen molar-refractivity contribution in [1.29, 1.82) is 0 Å². The molecule has 16 heavy (non-hydrogen) atoms. The molecule has 0 amide bonds. The normalized spacial score (nSPS) is 12.7. The summed E-state index contributed by atoms with van der Waals surface area (Å²) in [5.74, 6) is -1.63. The van der Waals surface area contributed by atoms with Crippen molar-refractivity contribution in [2.24, 2.45) is 0 Å². The Morgan fingerprint density at radius 2 is 1.94 bits per heavy atom. The van der Waals surface area contributed by atoms with Crippen molar-refractivity contribution in [3.05, 3.63) is 57.8 Å². The molecule has 0 saturated heterocycles. The summed E-state index contributed by atoms with van der Waals surface area (Å²) >= 11 is 1.58. The fourth-order valence-corrected chi connectivity index (χ4v) is 2.34. The molecule has 1 aromatic heterocycles. The van der Waals surface area contributed by atoms with Gasteiger partial charge in [-0.2, -0.15) is 11.3 Å². The summed E-state index contributed by atoms with van der Waals surface area (Å²) in [7, 11) is 1.80. The first-order chi connectivity index (χ1) is 7.72. The Hall–Kier alpha value is -1.26. The SMILES string of the molecule is CNC(c1ccsc1)c1ccc(F)c(F)c1. The van der Waals surface area contributed by atoms with Gasteiger partial charge in [-0.05, 0) is 47.1 Å². The molecule has 0 bridgehead atoms. The second kappa shape index (κ2) is 4.72. The summed E-state index contributed by atoms with van der Waals surface area (Å²) < 4.78 is 25.9. The predicted octanol–water partition coefficient (Wildman–Crippen LogP) is 3.34. The van der Waals surface area contributed by atoms with Gasteiger partial charge in [0.15, 0.2) is 11.6 Å². The lowest BCUT2D eigenvalue weighted by Gasteiger charge is -2.15. The lowest BCUT2D eigenvalue weighted by atomic mass is 10.0. The molecule has 1 unspecified atom stereocenters. The largest absolute Gasteiger partial charge is 0.309 e. The zero-order valence-electron chi connectivity index (χ0n) is 8.71. The van der Waals surface area contributed by atoms with Crippen LogP contribution < -0.4 is 5.32 Å². The smallest absolute Gasteiger partial charge is 0.159 e. The molecule has 0 saturated carbocycles. The Morgan fingerprint density at radius 3 is 2.50 bits per heavy atom. The molecule has 0 spiro atoms. The predicted molar refractivity (Wildman–Crippen MR) is 61.6 cm³/mol. The average molecular weight is 239 g/mol. The van der Waals surface area contributed by atoms with E-state index in [4.69, 9.17) is 0 Å². The van der Waals surface area contributed by atoms with E-state index in [1.165, 1.54) is 6.07 Å². The monoisotopic (exact) mass is 239 g/mol. The van der Waals surface area contributed by atoms with Crippen LogP contribution in [0.3, 0.4) is 0 Å². The molecule has 0 aliphatic carbocycles. The van der Waals surface area contributed by atoms with Crippen LogP contribution in [-0.4, -0.2) is 7.05 Å². The molecule has 1 nitrogen and oxygen atoms in total. The highest BCUT2D eigenvalue weighted by atomic mass is 32.1. The van der Waals surface area contributed by atoms with Gasteiger partial charge in [-0.1, -0.05) is 6.07 Å². The molecule has 1 aromatic carbocycles. The number of hydrogen-bond acceptors (Lipinski definition) is 2. The van der Waals surface area contributed by atoms with Gasteiger partial charge in [0.25, 0.3) is 0 Å². The van der Waals surface area contributed by atoms with Crippen molar-refractivity contribution < 1.29 is 8.78 Å². The Kier molecular flexibility index (Phi) is 3.31. The highest BCUT2D eigenvalue weighted by Crippen LogP contribution is 2.24. The zero-order valence-corrected chi connectivity index (χ0v) is 9.52. The number of benzene rings is 1. The summed E-state index contributed by atoms with van der Waals surface area (Å²) in [6.07, 6.45) is 0. The highest BCUT2D eigenvalue weighted by molar-refractivity contribution is 7.08. The van der Waals surface area contributed by atoms with Gasteiger partial charge >= 0.3 is 0 Å². The van der Waals surface area contributed by atoms with E-state index >= 15 is 0 Å². The van der Waals surface area contributed by atoms with E-state index in [2.05, 4.69) is 5.32 Å². The lowest BCUT2D eigenvalue weighted by molar-refractivity contribution is 0.505. The van der Waals surface area contributed by atoms with Crippen LogP contribution >= 0.6 is 11.3 Å². The topological polar surface area (TPSA) is 12.0 Å². The van der Waals surface area contributed by atoms with Gasteiger partial charge in [0.1, 0.15) is 0 Å². The van der Waals surface area contributed by atoms with E-state index in [1.54, 1.807) is 24.5 Å². The first-order valence-electron chi connectivity index (χ1n) is 4.86. The maximum atomic E-state index is 13.1. The molecule has 4 heteroatoms. The molecule has 0 radical (unpaired) electrons. The molecule has 0 fully saturated rings. The van der Waals surface area contributed by atoms with E-state index < -0.39 is 11.6 Å². The Balaban J connectivity index is 2.37. The van der Waals surface area contributed by atoms with Gasteiger partial charge in [0, 0.05) is 0 Å². The molecule has 2 rings (SSSR count). The van der Waals surface area contributed by atoms with Crippen molar-refractivity contribution in [2.45, 2.75) is 6.04 Å². The number of halogens is 2. The van der Waals surface area contributed by atoms with Crippen molar-refractivity contribution >= 4 is 11.3 Å². The molecular weight excluding hydrogens is 228 g/mol. The molecular formula is C12H11F2NS. The minimum atomic E-state index is -0.816. The third-order valence-corrected chi connectivity index (χ3v) is 3.14. The molecule has 1 N–H and O–H groups in total. The Labute approximate surface area is 96.7 Å². The van der Waals surface area contributed by atoms with Gasteiger partial charge in [0.2, 0.25) is 0 Å². The van der Waals surface area contributed by atoms with Crippen LogP contribution in [-0.2, 0) is 0 Å². The molecule has 84 valence electrons. The van der Waals surface area contributed by atoms with E-state index in [-0.39, 0.29) is 6.04 Å².